The normalized spacial score (nSPS) is 27.0. The molecular weight excluding hydrogens is 160 g/mol. The van der Waals surface area contributed by atoms with Crippen molar-refractivity contribution in [2.45, 2.75) is 39.4 Å². The first-order valence-electron chi connectivity index (χ1n) is 4.89. The van der Waals surface area contributed by atoms with Crippen LogP contribution in [-0.4, -0.2) is 6.10 Å². The third-order valence-corrected chi connectivity index (χ3v) is 3.00. The summed E-state index contributed by atoms with van der Waals surface area (Å²) in [5.41, 5.74) is 4.18. The lowest BCUT2D eigenvalue weighted by atomic mass is 9.89. The van der Waals surface area contributed by atoms with Gasteiger partial charge in [-0.2, -0.15) is 0 Å². The SMILES string of the molecule is Cc1ccc2c(c1)C(C)[C@@H](C)OC2. The van der Waals surface area contributed by atoms with Crippen LogP contribution in [0, 0.1) is 6.92 Å². The van der Waals surface area contributed by atoms with Gasteiger partial charge in [0.1, 0.15) is 0 Å². The van der Waals surface area contributed by atoms with Gasteiger partial charge in [-0.3, -0.25) is 0 Å². The minimum Gasteiger partial charge on any atom is -0.373 e. The van der Waals surface area contributed by atoms with Gasteiger partial charge in [-0.15, -0.1) is 0 Å². The van der Waals surface area contributed by atoms with E-state index < -0.39 is 0 Å². The van der Waals surface area contributed by atoms with Gasteiger partial charge in [0.15, 0.2) is 0 Å². The Labute approximate surface area is 79.7 Å². The maximum absolute atomic E-state index is 5.66. The van der Waals surface area contributed by atoms with E-state index in [2.05, 4.69) is 39.0 Å². The second-order valence-electron chi connectivity index (χ2n) is 4.01. The molecule has 0 radical (unpaired) electrons. The Morgan fingerprint density at radius 1 is 1.31 bits per heavy atom. The fourth-order valence-electron chi connectivity index (χ4n) is 1.89. The Hall–Kier alpha value is -0.820. The van der Waals surface area contributed by atoms with Crippen LogP contribution in [0.15, 0.2) is 18.2 Å². The van der Waals surface area contributed by atoms with Crippen LogP contribution < -0.4 is 0 Å². The Bertz CT molecular complexity index is 317. The third kappa shape index (κ3) is 1.49. The minimum absolute atomic E-state index is 0.356. The summed E-state index contributed by atoms with van der Waals surface area (Å²) in [6.45, 7) is 7.31. The quantitative estimate of drug-likeness (QED) is 0.590. The van der Waals surface area contributed by atoms with Crippen LogP contribution in [-0.2, 0) is 11.3 Å². The van der Waals surface area contributed by atoms with E-state index in [0.717, 1.165) is 6.61 Å². The number of hydrogen-bond acceptors (Lipinski definition) is 1. The second kappa shape index (κ2) is 3.15. The van der Waals surface area contributed by atoms with E-state index in [1.54, 1.807) is 0 Å². The van der Waals surface area contributed by atoms with Gasteiger partial charge in [0, 0.05) is 5.92 Å². The summed E-state index contributed by atoms with van der Waals surface area (Å²) in [5.74, 6) is 0.531. The van der Waals surface area contributed by atoms with Crippen molar-refractivity contribution >= 4 is 0 Å². The first kappa shape index (κ1) is 8.76. The fourth-order valence-corrected chi connectivity index (χ4v) is 1.89. The standard InChI is InChI=1S/C12H16O/c1-8-4-5-11-7-13-10(3)9(2)12(11)6-8/h4-6,9-10H,7H2,1-3H3/t9?,10-/m1/s1. The molecule has 13 heavy (non-hydrogen) atoms. The van der Waals surface area contributed by atoms with Gasteiger partial charge in [0.05, 0.1) is 12.7 Å². The zero-order valence-corrected chi connectivity index (χ0v) is 8.50. The fraction of sp³-hybridized carbons (Fsp3) is 0.500. The van der Waals surface area contributed by atoms with Crippen LogP contribution in [0.25, 0.3) is 0 Å². The summed E-state index contributed by atoms with van der Waals surface area (Å²) in [5, 5.41) is 0. The Kier molecular flexibility index (Phi) is 2.12. The summed E-state index contributed by atoms with van der Waals surface area (Å²) >= 11 is 0. The Morgan fingerprint density at radius 3 is 2.85 bits per heavy atom. The number of ether oxygens (including phenoxy) is 1. The molecule has 0 spiro atoms. The average Bonchev–Trinajstić information content (AvgIpc) is 2.12. The maximum Gasteiger partial charge on any atom is 0.0723 e. The van der Waals surface area contributed by atoms with Crippen molar-refractivity contribution in [2.24, 2.45) is 0 Å². The molecule has 1 aliphatic rings. The van der Waals surface area contributed by atoms with E-state index in [1.165, 1.54) is 16.7 Å². The van der Waals surface area contributed by atoms with Crippen LogP contribution in [0.2, 0.25) is 0 Å². The maximum atomic E-state index is 5.66. The highest BCUT2D eigenvalue weighted by Crippen LogP contribution is 2.31. The molecule has 1 aliphatic heterocycles. The molecule has 0 saturated heterocycles. The monoisotopic (exact) mass is 176 g/mol. The molecule has 1 unspecified atom stereocenters. The molecule has 2 rings (SSSR count). The van der Waals surface area contributed by atoms with Crippen molar-refractivity contribution in [3.05, 3.63) is 34.9 Å². The van der Waals surface area contributed by atoms with Crippen molar-refractivity contribution in [2.75, 3.05) is 0 Å². The highest BCUT2D eigenvalue weighted by atomic mass is 16.5. The highest BCUT2D eigenvalue weighted by molar-refractivity contribution is 5.35. The molecule has 0 bridgehead atoms. The first-order valence-corrected chi connectivity index (χ1v) is 4.89. The van der Waals surface area contributed by atoms with Gasteiger partial charge >= 0.3 is 0 Å². The molecule has 1 nitrogen and oxygen atoms in total. The molecule has 1 aromatic rings. The zero-order chi connectivity index (χ0) is 9.42. The highest BCUT2D eigenvalue weighted by Gasteiger charge is 2.22. The van der Waals surface area contributed by atoms with Crippen molar-refractivity contribution < 1.29 is 4.74 Å². The molecule has 1 aromatic carbocycles. The predicted molar refractivity (Wildman–Crippen MR) is 53.8 cm³/mol. The average molecular weight is 176 g/mol. The summed E-state index contributed by atoms with van der Waals surface area (Å²) in [4.78, 5) is 0. The van der Waals surface area contributed by atoms with Gasteiger partial charge in [-0.25, -0.2) is 0 Å². The molecule has 0 fully saturated rings. The number of rotatable bonds is 0. The summed E-state index contributed by atoms with van der Waals surface area (Å²) in [6, 6.07) is 6.64. The van der Waals surface area contributed by atoms with E-state index >= 15 is 0 Å². The van der Waals surface area contributed by atoms with Crippen molar-refractivity contribution in [1.29, 1.82) is 0 Å². The first-order chi connectivity index (χ1) is 6.18. The van der Waals surface area contributed by atoms with Crippen LogP contribution in [0.1, 0.15) is 36.5 Å². The van der Waals surface area contributed by atoms with E-state index in [0.29, 0.717) is 12.0 Å². The number of benzene rings is 1. The van der Waals surface area contributed by atoms with Crippen molar-refractivity contribution in [3.8, 4) is 0 Å². The van der Waals surface area contributed by atoms with Crippen LogP contribution in [0.5, 0.6) is 0 Å². The lowest BCUT2D eigenvalue weighted by Crippen LogP contribution is -2.23. The lowest BCUT2D eigenvalue weighted by Gasteiger charge is -2.29. The van der Waals surface area contributed by atoms with Crippen molar-refractivity contribution in [1.82, 2.24) is 0 Å². The number of hydrogen-bond donors (Lipinski definition) is 0. The predicted octanol–water partition coefficient (Wildman–Crippen LogP) is 3.02. The van der Waals surface area contributed by atoms with Crippen LogP contribution >= 0.6 is 0 Å². The van der Waals surface area contributed by atoms with Gasteiger partial charge in [-0.05, 0) is 25.0 Å². The molecule has 2 atom stereocenters. The zero-order valence-electron chi connectivity index (χ0n) is 8.50. The van der Waals surface area contributed by atoms with Crippen LogP contribution in [0.4, 0.5) is 0 Å². The largest absolute Gasteiger partial charge is 0.373 e. The van der Waals surface area contributed by atoms with E-state index in [1.807, 2.05) is 0 Å². The molecule has 0 N–H and O–H groups in total. The molecule has 70 valence electrons. The lowest BCUT2D eigenvalue weighted by molar-refractivity contribution is 0.0241. The van der Waals surface area contributed by atoms with Gasteiger partial charge < -0.3 is 4.74 Å². The Balaban J connectivity index is 2.45. The molecule has 1 heterocycles. The van der Waals surface area contributed by atoms with E-state index in [9.17, 15) is 0 Å². The van der Waals surface area contributed by atoms with Gasteiger partial charge in [0.2, 0.25) is 0 Å². The van der Waals surface area contributed by atoms with Gasteiger partial charge in [-0.1, -0.05) is 30.7 Å². The smallest absolute Gasteiger partial charge is 0.0723 e. The number of aryl methyl sites for hydroxylation is 1. The molecule has 0 aliphatic carbocycles. The van der Waals surface area contributed by atoms with E-state index in [-0.39, 0.29) is 0 Å². The summed E-state index contributed by atoms with van der Waals surface area (Å²) in [6.07, 6.45) is 0.356. The molecule has 0 amide bonds. The van der Waals surface area contributed by atoms with Crippen LogP contribution in [0.3, 0.4) is 0 Å². The summed E-state index contributed by atoms with van der Waals surface area (Å²) in [7, 11) is 0. The molecule has 0 aromatic heterocycles. The number of fused-ring (bicyclic) bond motifs is 1. The molecule has 0 saturated carbocycles. The summed E-state index contributed by atoms with van der Waals surface area (Å²) < 4.78 is 5.66. The molecular formula is C12H16O. The minimum atomic E-state index is 0.356. The molecule has 1 heteroatoms. The van der Waals surface area contributed by atoms with E-state index in [4.69, 9.17) is 4.74 Å². The topological polar surface area (TPSA) is 9.23 Å². The second-order valence-corrected chi connectivity index (χ2v) is 4.01. The Morgan fingerprint density at radius 2 is 2.08 bits per heavy atom. The third-order valence-electron chi connectivity index (χ3n) is 3.00. The van der Waals surface area contributed by atoms with Gasteiger partial charge in [0.25, 0.3) is 0 Å². The van der Waals surface area contributed by atoms with Crippen molar-refractivity contribution in [3.63, 3.8) is 0 Å².